The van der Waals surface area contributed by atoms with Crippen LogP contribution in [0, 0.1) is 0 Å². The first-order valence-corrected chi connectivity index (χ1v) is 5.05. The number of hydrogen-bond acceptors (Lipinski definition) is 4. The van der Waals surface area contributed by atoms with Crippen molar-refractivity contribution in [1.29, 1.82) is 0 Å². The Hall–Kier alpha value is -1.10. The lowest BCUT2D eigenvalue weighted by Gasteiger charge is -2.26. The molecular formula is C9H16N4O. The minimum atomic E-state index is -0.151. The molecule has 1 aliphatic carbocycles. The molecule has 0 saturated heterocycles. The van der Waals surface area contributed by atoms with Gasteiger partial charge in [-0.25, -0.2) is 4.68 Å². The van der Waals surface area contributed by atoms with Gasteiger partial charge < -0.3 is 10.4 Å². The first-order chi connectivity index (χ1) is 6.75. The predicted molar refractivity (Wildman–Crippen MR) is 52.9 cm³/mol. The van der Waals surface area contributed by atoms with E-state index >= 15 is 0 Å². The van der Waals surface area contributed by atoms with Crippen LogP contribution in [-0.2, 0) is 7.05 Å². The lowest BCUT2D eigenvalue weighted by atomic mass is 9.93. The minimum absolute atomic E-state index is 0.151. The van der Waals surface area contributed by atoms with Gasteiger partial charge in [-0.15, -0.1) is 5.10 Å². The zero-order valence-electron chi connectivity index (χ0n) is 8.35. The maximum Gasteiger partial charge on any atom is 0.144 e. The van der Waals surface area contributed by atoms with Gasteiger partial charge in [0.25, 0.3) is 0 Å². The summed E-state index contributed by atoms with van der Waals surface area (Å²) < 4.78 is 1.71. The van der Waals surface area contributed by atoms with Crippen LogP contribution < -0.4 is 5.32 Å². The number of anilines is 1. The van der Waals surface area contributed by atoms with Crippen molar-refractivity contribution in [3.05, 3.63) is 6.20 Å². The molecule has 2 unspecified atom stereocenters. The predicted octanol–water partition coefficient (Wildman–Crippen LogP) is 0.530. The average Bonchev–Trinajstić information content (AvgIpc) is 2.52. The maximum atomic E-state index is 9.50. The minimum Gasteiger partial charge on any atom is -0.393 e. The van der Waals surface area contributed by atoms with Gasteiger partial charge in [-0.2, -0.15) is 0 Å². The van der Waals surface area contributed by atoms with E-state index in [1.165, 1.54) is 0 Å². The van der Waals surface area contributed by atoms with Crippen LogP contribution in [0.1, 0.15) is 25.7 Å². The number of aliphatic hydroxyl groups excluding tert-OH is 1. The van der Waals surface area contributed by atoms with E-state index in [4.69, 9.17) is 0 Å². The van der Waals surface area contributed by atoms with Gasteiger partial charge in [0.15, 0.2) is 0 Å². The fourth-order valence-corrected chi connectivity index (χ4v) is 1.92. The number of aromatic nitrogens is 3. The molecule has 1 aromatic heterocycles. The summed E-state index contributed by atoms with van der Waals surface area (Å²) >= 11 is 0. The van der Waals surface area contributed by atoms with Gasteiger partial charge >= 0.3 is 0 Å². The highest BCUT2D eigenvalue weighted by Crippen LogP contribution is 2.21. The number of nitrogens with zero attached hydrogens (tertiary/aromatic N) is 3. The van der Waals surface area contributed by atoms with E-state index < -0.39 is 0 Å². The maximum absolute atomic E-state index is 9.50. The summed E-state index contributed by atoms with van der Waals surface area (Å²) in [6.45, 7) is 0. The number of hydrogen-bond donors (Lipinski definition) is 2. The molecule has 2 rings (SSSR count). The van der Waals surface area contributed by atoms with E-state index in [0.29, 0.717) is 6.04 Å². The van der Waals surface area contributed by atoms with Crippen molar-refractivity contribution >= 4 is 5.82 Å². The second kappa shape index (κ2) is 3.96. The molecular weight excluding hydrogens is 180 g/mol. The van der Waals surface area contributed by atoms with Crippen molar-refractivity contribution < 1.29 is 5.11 Å². The van der Waals surface area contributed by atoms with E-state index in [9.17, 15) is 5.11 Å². The molecule has 0 amide bonds. The Morgan fingerprint density at radius 3 is 3.07 bits per heavy atom. The third-order valence-corrected chi connectivity index (χ3v) is 2.71. The fraction of sp³-hybridized carbons (Fsp3) is 0.778. The molecule has 1 fully saturated rings. The van der Waals surface area contributed by atoms with E-state index in [-0.39, 0.29) is 6.10 Å². The number of rotatable bonds is 2. The highest BCUT2D eigenvalue weighted by atomic mass is 16.3. The SMILES string of the molecule is Cn1nncc1NC1CCCC(O)C1. The first kappa shape index (κ1) is 9.45. The van der Waals surface area contributed by atoms with Crippen molar-refractivity contribution in [2.24, 2.45) is 7.05 Å². The van der Waals surface area contributed by atoms with E-state index in [1.807, 2.05) is 7.05 Å². The topological polar surface area (TPSA) is 63.0 Å². The van der Waals surface area contributed by atoms with Crippen molar-refractivity contribution in [3.8, 4) is 0 Å². The van der Waals surface area contributed by atoms with Crippen molar-refractivity contribution in [3.63, 3.8) is 0 Å². The lowest BCUT2D eigenvalue weighted by Crippen LogP contribution is -2.30. The third kappa shape index (κ3) is 2.04. The van der Waals surface area contributed by atoms with Gasteiger partial charge in [0, 0.05) is 13.1 Å². The summed E-state index contributed by atoms with van der Waals surface area (Å²) in [5.41, 5.74) is 0. The molecule has 1 heterocycles. The van der Waals surface area contributed by atoms with Crippen LogP contribution in [-0.4, -0.2) is 32.2 Å². The van der Waals surface area contributed by atoms with Gasteiger partial charge in [0.1, 0.15) is 5.82 Å². The highest BCUT2D eigenvalue weighted by molar-refractivity contribution is 5.32. The third-order valence-electron chi connectivity index (χ3n) is 2.71. The monoisotopic (exact) mass is 196 g/mol. The summed E-state index contributed by atoms with van der Waals surface area (Å²) in [6.07, 6.45) is 5.52. The number of aryl methyl sites for hydroxylation is 1. The van der Waals surface area contributed by atoms with Crippen molar-refractivity contribution in [2.45, 2.75) is 37.8 Å². The number of aliphatic hydroxyl groups is 1. The Balaban J connectivity index is 1.94. The summed E-state index contributed by atoms with van der Waals surface area (Å²) in [7, 11) is 1.86. The molecule has 2 atom stereocenters. The van der Waals surface area contributed by atoms with Gasteiger partial charge in [-0.1, -0.05) is 5.21 Å². The quantitative estimate of drug-likeness (QED) is 0.724. The molecule has 0 bridgehead atoms. The smallest absolute Gasteiger partial charge is 0.144 e. The van der Waals surface area contributed by atoms with Gasteiger partial charge in [0.2, 0.25) is 0 Å². The van der Waals surface area contributed by atoms with Crippen LogP contribution in [0.3, 0.4) is 0 Å². The first-order valence-electron chi connectivity index (χ1n) is 5.05. The Morgan fingerprint density at radius 1 is 1.57 bits per heavy atom. The molecule has 5 nitrogen and oxygen atoms in total. The molecule has 0 aromatic carbocycles. The zero-order valence-corrected chi connectivity index (χ0v) is 8.35. The summed E-state index contributed by atoms with van der Waals surface area (Å²) in [5.74, 6) is 0.920. The summed E-state index contributed by atoms with van der Waals surface area (Å²) in [6, 6.07) is 0.357. The van der Waals surface area contributed by atoms with Crippen LogP contribution in [0.15, 0.2) is 6.20 Å². The summed E-state index contributed by atoms with van der Waals surface area (Å²) in [5, 5.41) is 20.5. The number of nitrogens with one attached hydrogen (secondary N) is 1. The molecule has 78 valence electrons. The molecule has 0 spiro atoms. The Bertz CT molecular complexity index is 299. The molecule has 0 radical (unpaired) electrons. The van der Waals surface area contributed by atoms with Crippen LogP contribution in [0.2, 0.25) is 0 Å². The molecule has 0 aliphatic heterocycles. The van der Waals surface area contributed by atoms with Crippen LogP contribution in [0.5, 0.6) is 0 Å². The highest BCUT2D eigenvalue weighted by Gasteiger charge is 2.20. The molecule has 14 heavy (non-hydrogen) atoms. The second-order valence-electron chi connectivity index (χ2n) is 3.90. The molecule has 1 saturated carbocycles. The molecule has 1 aliphatic rings. The largest absolute Gasteiger partial charge is 0.393 e. The van der Waals surface area contributed by atoms with Crippen molar-refractivity contribution in [2.75, 3.05) is 5.32 Å². The second-order valence-corrected chi connectivity index (χ2v) is 3.90. The lowest BCUT2D eigenvalue weighted by molar-refractivity contribution is 0.124. The zero-order chi connectivity index (χ0) is 9.97. The Morgan fingerprint density at radius 2 is 2.43 bits per heavy atom. The van der Waals surface area contributed by atoms with Gasteiger partial charge in [-0.3, -0.25) is 0 Å². The standard InChI is InChI=1S/C9H16N4O/c1-13-9(6-10-12-13)11-7-3-2-4-8(14)5-7/h6-8,11,14H,2-5H2,1H3. The average molecular weight is 196 g/mol. The van der Waals surface area contributed by atoms with Crippen LogP contribution >= 0.6 is 0 Å². The van der Waals surface area contributed by atoms with Crippen molar-refractivity contribution in [1.82, 2.24) is 15.0 Å². The Labute approximate surface area is 83.1 Å². The summed E-state index contributed by atoms with van der Waals surface area (Å²) in [4.78, 5) is 0. The van der Waals surface area contributed by atoms with Crippen LogP contribution in [0.4, 0.5) is 5.82 Å². The van der Waals surface area contributed by atoms with E-state index in [0.717, 1.165) is 31.5 Å². The fourth-order valence-electron chi connectivity index (χ4n) is 1.92. The normalized spacial score (nSPS) is 27.6. The molecule has 5 heteroatoms. The molecule has 2 N–H and O–H groups in total. The van der Waals surface area contributed by atoms with Crippen LogP contribution in [0.25, 0.3) is 0 Å². The van der Waals surface area contributed by atoms with Gasteiger partial charge in [0.05, 0.1) is 12.3 Å². The Kier molecular flexibility index (Phi) is 2.67. The van der Waals surface area contributed by atoms with E-state index in [1.54, 1.807) is 10.9 Å². The molecule has 1 aromatic rings. The van der Waals surface area contributed by atoms with E-state index in [2.05, 4.69) is 15.6 Å². The van der Waals surface area contributed by atoms with Gasteiger partial charge in [-0.05, 0) is 25.7 Å².